The number of anilines is 1. The standard InChI is InChI=1S/C12H12BrN3/c1-7-4-3-5-8(2)10(7)12-15-6-9(13)11(14)16-12/h3-6H,1-2H3,(H2,14,15,16). The first-order chi connectivity index (χ1) is 7.59. The van der Waals surface area contributed by atoms with Gasteiger partial charge >= 0.3 is 0 Å². The number of nitrogens with zero attached hydrogens (tertiary/aromatic N) is 2. The van der Waals surface area contributed by atoms with E-state index in [0.29, 0.717) is 11.6 Å². The number of benzene rings is 1. The lowest BCUT2D eigenvalue weighted by atomic mass is 10.0. The van der Waals surface area contributed by atoms with Crippen LogP contribution in [-0.2, 0) is 0 Å². The van der Waals surface area contributed by atoms with Gasteiger partial charge in [0.05, 0.1) is 4.47 Å². The molecule has 1 heterocycles. The van der Waals surface area contributed by atoms with Crippen LogP contribution >= 0.6 is 15.9 Å². The van der Waals surface area contributed by atoms with Gasteiger partial charge in [-0.15, -0.1) is 0 Å². The number of aromatic nitrogens is 2. The molecule has 0 atom stereocenters. The van der Waals surface area contributed by atoms with Gasteiger partial charge in [0.2, 0.25) is 0 Å². The lowest BCUT2D eigenvalue weighted by Crippen LogP contribution is -1.99. The molecular weight excluding hydrogens is 266 g/mol. The highest BCUT2D eigenvalue weighted by molar-refractivity contribution is 9.10. The first-order valence-electron chi connectivity index (χ1n) is 4.94. The predicted octanol–water partition coefficient (Wildman–Crippen LogP) is 3.11. The van der Waals surface area contributed by atoms with Crippen LogP contribution in [0.1, 0.15) is 11.1 Å². The molecule has 4 heteroatoms. The van der Waals surface area contributed by atoms with Gasteiger partial charge in [0.1, 0.15) is 5.82 Å². The SMILES string of the molecule is Cc1cccc(C)c1-c1ncc(Br)c(N)n1. The van der Waals surface area contributed by atoms with Crippen molar-refractivity contribution < 1.29 is 0 Å². The molecule has 0 aliphatic rings. The van der Waals surface area contributed by atoms with Crippen LogP contribution in [0.3, 0.4) is 0 Å². The summed E-state index contributed by atoms with van der Waals surface area (Å²) >= 11 is 3.29. The van der Waals surface area contributed by atoms with Crippen LogP contribution in [0, 0.1) is 13.8 Å². The molecule has 0 spiro atoms. The molecule has 3 nitrogen and oxygen atoms in total. The molecule has 16 heavy (non-hydrogen) atoms. The molecule has 0 unspecified atom stereocenters. The average Bonchev–Trinajstić information content (AvgIpc) is 2.23. The Kier molecular flexibility index (Phi) is 2.92. The summed E-state index contributed by atoms with van der Waals surface area (Å²) in [6.45, 7) is 4.09. The fourth-order valence-corrected chi connectivity index (χ4v) is 1.86. The highest BCUT2D eigenvalue weighted by Crippen LogP contribution is 2.26. The Morgan fingerprint density at radius 1 is 1.19 bits per heavy atom. The van der Waals surface area contributed by atoms with E-state index in [1.807, 2.05) is 32.0 Å². The molecule has 0 saturated heterocycles. The van der Waals surface area contributed by atoms with Crippen molar-refractivity contribution in [3.8, 4) is 11.4 Å². The molecule has 1 aromatic heterocycles. The third-order valence-electron chi connectivity index (χ3n) is 2.48. The van der Waals surface area contributed by atoms with E-state index in [1.165, 1.54) is 0 Å². The summed E-state index contributed by atoms with van der Waals surface area (Å²) in [5.74, 6) is 1.14. The van der Waals surface area contributed by atoms with Crippen LogP contribution in [0.4, 0.5) is 5.82 Å². The Morgan fingerprint density at radius 3 is 2.38 bits per heavy atom. The summed E-state index contributed by atoms with van der Waals surface area (Å²) in [7, 11) is 0. The maximum absolute atomic E-state index is 5.76. The molecular formula is C12H12BrN3. The normalized spacial score (nSPS) is 10.4. The first kappa shape index (κ1) is 11.1. The summed E-state index contributed by atoms with van der Waals surface area (Å²) in [6, 6.07) is 6.12. The number of hydrogen-bond donors (Lipinski definition) is 1. The van der Waals surface area contributed by atoms with Crippen LogP contribution in [0.25, 0.3) is 11.4 Å². The van der Waals surface area contributed by atoms with Crippen LogP contribution in [0.5, 0.6) is 0 Å². The molecule has 2 rings (SSSR count). The zero-order valence-electron chi connectivity index (χ0n) is 9.16. The predicted molar refractivity (Wildman–Crippen MR) is 69.1 cm³/mol. The third-order valence-corrected chi connectivity index (χ3v) is 3.09. The van der Waals surface area contributed by atoms with E-state index in [0.717, 1.165) is 21.2 Å². The fourth-order valence-electron chi connectivity index (χ4n) is 1.67. The summed E-state index contributed by atoms with van der Waals surface area (Å²) in [5.41, 5.74) is 9.13. The number of hydrogen-bond acceptors (Lipinski definition) is 3. The molecule has 82 valence electrons. The highest BCUT2D eigenvalue weighted by Gasteiger charge is 2.09. The number of nitrogen functional groups attached to an aromatic ring is 1. The lowest BCUT2D eigenvalue weighted by molar-refractivity contribution is 1.15. The summed E-state index contributed by atoms with van der Waals surface area (Å²) in [5, 5.41) is 0. The van der Waals surface area contributed by atoms with Gasteiger partial charge in [0.15, 0.2) is 5.82 Å². The van der Waals surface area contributed by atoms with Gasteiger partial charge in [-0.05, 0) is 40.9 Å². The number of halogens is 1. The second-order valence-electron chi connectivity index (χ2n) is 3.69. The Labute approximate surface area is 103 Å². The maximum atomic E-state index is 5.76. The minimum Gasteiger partial charge on any atom is -0.383 e. The second kappa shape index (κ2) is 4.22. The number of nitrogens with two attached hydrogens (primary N) is 1. The van der Waals surface area contributed by atoms with E-state index in [9.17, 15) is 0 Å². The van der Waals surface area contributed by atoms with Crippen molar-refractivity contribution in [1.82, 2.24) is 9.97 Å². The summed E-state index contributed by atoms with van der Waals surface area (Å²) in [6.07, 6.45) is 1.68. The molecule has 0 bridgehead atoms. The van der Waals surface area contributed by atoms with E-state index < -0.39 is 0 Å². The zero-order valence-corrected chi connectivity index (χ0v) is 10.7. The second-order valence-corrected chi connectivity index (χ2v) is 4.55. The van der Waals surface area contributed by atoms with Crippen molar-refractivity contribution in [2.24, 2.45) is 0 Å². The molecule has 0 amide bonds. The molecule has 0 aliphatic heterocycles. The molecule has 0 fully saturated rings. The van der Waals surface area contributed by atoms with E-state index in [2.05, 4.69) is 25.9 Å². The van der Waals surface area contributed by atoms with Crippen molar-refractivity contribution in [2.45, 2.75) is 13.8 Å². The monoisotopic (exact) mass is 277 g/mol. The van der Waals surface area contributed by atoms with Crippen molar-refractivity contribution in [2.75, 3.05) is 5.73 Å². The quantitative estimate of drug-likeness (QED) is 0.872. The van der Waals surface area contributed by atoms with Gasteiger partial charge in [0.25, 0.3) is 0 Å². The molecule has 0 radical (unpaired) electrons. The first-order valence-corrected chi connectivity index (χ1v) is 5.73. The van der Waals surface area contributed by atoms with Crippen molar-refractivity contribution in [1.29, 1.82) is 0 Å². The molecule has 2 aromatic rings. The van der Waals surface area contributed by atoms with Gasteiger partial charge in [-0.2, -0.15) is 0 Å². The maximum Gasteiger partial charge on any atom is 0.162 e. The van der Waals surface area contributed by atoms with Gasteiger partial charge in [0, 0.05) is 11.8 Å². The van der Waals surface area contributed by atoms with E-state index >= 15 is 0 Å². The number of rotatable bonds is 1. The molecule has 0 aliphatic carbocycles. The Balaban J connectivity index is 2.63. The summed E-state index contributed by atoms with van der Waals surface area (Å²) < 4.78 is 0.725. The molecule has 2 N–H and O–H groups in total. The van der Waals surface area contributed by atoms with Gasteiger partial charge in [-0.3, -0.25) is 0 Å². The third kappa shape index (κ3) is 1.93. The Hall–Kier alpha value is -1.42. The van der Waals surface area contributed by atoms with Crippen molar-refractivity contribution in [3.63, 3.8) is 0 Å². The minimum atomic E-state index is 0.465. The van der Waals surface area contributed by atoms with E-state index in [4.69, 9.17) is 5.73 Å². The Bertz CT molecular complexity index is 518. The topological polar surface area (TPSA) is 51.8 Å². The lowest BCUT2D eigenvalue weighted by Gasteiger charge is -2.08. The molecule has 1 aromatic carbocycles. The average molecular weight is 278 g/mol. The minimum absolute atomic E-state index is 0.465. The molecule has 0 saturated carbocycles. The van der Waals surface area contributed by atoms with Gasteiger partial charge < -0.3 is 5.73 Å². The number of aryl methyl sites for hydroxylation is 2. The van der Waals surface area contributed by atoms with Crippen LogP contribution < -0.4 is 5.73 Å². The smallest absolute Gasteiger partial charge is 0.162 e. The Morgan fingerprint density at radius 2 is 1.81 bits per heavy atom. The van der Waals surface area contributed by atoms with Crippen LogP contribution in [-0.4, -0.2) is 9.97 Å². The van der Waals surface area contributed by atoms with Crippen molar-refractivity contribution in [3.05, 3.63) is 40.0 Å². The largest absolute Gasteiger partial charge is 0.383 e. The van der Waals surface area contributed by atoms with Gasteiger partial charge in [-0.25, -0.2) is 9.97 Å². The van der Waals surface area contributed by atoms with E-state index in [-0.39, 0.29) is 0 Å². The zero-order chi connectivity index (χ0) is 11.7. The summed E-state index contributed by atoms with van der Waals surface area (Å²) in [4.78, 5) is 8.58. The van der Waals surface area contributed by atoms with Crippen LogP contribution in [0.2, 0.25) is 0 Å². The van der Waals surface area contributed by atoms with Crippen molar-refractivity contribution >= 4 is 21.7 Å². The highest BCUT2D eigenvalue weighted by atomic mass is 79.9. The van der Waals surface area contributed by atoms with E-state index in [1.54, 1.807) is 6.20 Å². The fraction of sp³-hybridized carbons (Fsp3) is 0.167. The van der Waals surface area contributed by atoms with Gasteiger partial charge in [-0.1, -0.05) is 18.2 Å². The van der Waals surface area contributed by atoms with Crippen LogP contribution in [0.15, 0.2) is 28.9 Å².